The fourth-order valence-corrected chi connectivity index (χ4v) is 3.50. The molecule has 8 heteroatoms. The van der Waals surface area contributed by atoms with E-state index in [-0.39, 0.29) is 17.7 Å². The van der Waals surface area contributed by atoms with Crippen LogP contribution < -0.4 is 10.0 Å². The van der Waals surface area contributed by atoms with Gasteiger partial charge in [-0.25, -0.2) is 8.42 Å². The molecule has 1 fully saturated rings. The number of hydrogen-bond donors (Lipinski definition) is 2. The van der Waals surface area contributed by atoms with Gasteiger partial charge in [0.05, 0.1) is 12.2 Å². The molecule has 1 atom stereocenters. The summed E-state index contributed by atoms with van der Waals surface area (Å²) < 4.78 is 24.8. The lowest BCUT2D eigenvalue weighted by molar-refractivity contribution is -0.132. The highest BCUT2D eigenvalue weighted by Gasteiger charge is 2.27. The average Bonchev–Trinajstić information content (AvgIpc) is 2.64. The lowest BCUT2D eigenvalue weighted by Crippen LogP contribution is -2.45. The van der Waals surface area contributed by atoms with Crippen molar-refractivity contribution in [2.45, 2.75) is 26.2 Å². The van der Waals surface area contributed by atoms with Crippen molar-refractivity contribution < 1.29 is 18.0 Å². The summed E-state index contributed by atoms with van der Waals surface area (Å²) in [4.78, 5) is 26.2. The predicted molar refractivity (Wildman–Crippen MR) is 107 cm³/mol. The second-order valence-electron chi connectivity index (χ2n) is 6.74. The van der Waals surface area contributed by atoms with Gasteiger partial charge in [0.2, 0.25) is 21.8 Å². The molecular formula is C19H27N3O4S. The molecule has 2 amide bonds. The molecule has 2 rings (SSSR count). The molecule has 2 N–H and O–H groups in total. The van der Waals surface area contributed by atoms with Crippen LogP contribution in [0.3, 0.4) is 0 Å². The third kappa shape index (κ3) is 7.05. The van der Waals surface area contributed by atoms with Crippen LogP contribution in [0.1, 0.15) is 31.7 Å². The molecule has 148 valence electrons. The Kier molecular flexibility index (Phi) is 7.41. The third-order valence-electron chi connectivity index (χ3n) is 4.29. The van der Waals surface area contributed by atoms with E-state index in [0.29, 0.717) is 25.3 Å². The van der Waals surface area contributed by atoms with Gasteiger partial charge in [-0.05, 0) is 43.0 Å². The van der Waals surface area contributed by atoms with Gasteiger partial charge in [-0.1, -0.05) is 19.1 Å². The molecule has 0 saturated carbocycles. The van der Waals surface area contributed by atoms with E-state index in [1.165, 1.54) is 6.08 Å². The molecule has 0 radical (unpaired) electrons. The number of carbonyl (C=O) groups excluding carboxylic acids is 2. The Balaban J connectivity index is 1.92. The number of anilines is 1. The second kappa shape index (κ2) is 9.55. The molecule has 1 aliphatic heterocycles. The summed E-state index contributed by atoms with van der Waals surface area (Å²) in [5.74, 6) is -0.252. The smallest absolute Gasteiger partial charge is 0.246 e. The maximum absolute atomic E-state index is 12.4. The molecule has 1 aromatic rings. The molecule has 1 unspecified atom stereocenters. The molecule has 1 aliphatic rings. The van der Waals surface area contributed by atoms with Crippen LogP contribution in [-0.4, -0.2) is 51.0 Å². The Hall–Kier alpha value is -2.35. The molecule has 1 saturated heterocycles. The Bertz CT molecular complexity index is 788. The molecule has 0 aromatic heterocycles. The monoisotopic (exact) mass is 393 g/mol. The van der Waals surface area contributed by atoms with Crippen molar-refractivity contribution in [2.24, 2.45) is 5.92 Å². The molecule has 0 bridgehead atoms. The molecule has 7 nitrogen and oxygen atoms in total. The summed E-state index contributed by atoms with van der Waals surface area (Å²) in [6.07, 6.45) is 6.78. The summed E-state index contributed by atoms with van der Waals surface area (Å²) >= 11 is 0. The molecular weight excluding hydrogens is 366 g/mol. The maximum Gasteiger partial charge on any atom is 0.246 e. The van der Waals surface area contributed by atoms with Gasteiger partial charge in [-0.3, -0.25) is 14.3 Å². The van der Waals surface area contributed by atoms with Gasteiger partial charge in [0, 0.05) is 31.4 Å². The number of benzene rings is 1. The first-order chi connectivity index (χ1) is 12.8. The fourth-order valence-electron chi connectivity index (χ4n) is 2.93. The van der Waals surface area contributed by atoms with Gasteiger partial charge >= 0.3 is 0 Å². The van der Waals surface area contributed by atoms with Crippen molar-refractivity contribution in [3.63, 3.8) is 0 Å². The quantitative estimate of drug-likeness (QED) is 0.691. The zero-order valence-corrected chi connectivity index (χ0v) is 16.6. The van der Waals surface area contributed by atoms with E-state index in [1.54, 1.807) is 35.2 Å². The van der Waals surface area contributed by atoms with Crippen LogP contribution in [0.2, 0.25) is 0 Å². The number of hydrogen-bond acceptors (Lipinski definition) is 4. The minimum absolute atomic E-state index is 0.0206. The van der Waals surface area contributed by atoms with Gasteiger partial charge < -0.3 is 10.2 Å². The summed E-state index contributed by atoms with van der Waals surface area (Å²) in [6.45, 7) is 3.76. The van der Waals surface area contributed by atoms with Crippen molar-refractivity contribution in [2.75, 3.05) is 30.6 Å². The zero-order chi connectivity index (χ0) is 19.9. The van der Waals surface area contributed by atoms with Crippen molar-refractivity contribution in [1.82, 2.24) is 10.2 Å². The zero-order valence-electron chi connectivity index (χ0n) is 15.8. The summed E-state index contributed by atoms with van der Waals surface area (Å²) in [5.41, 5.74) is 1.26. The van der Waals surface area contributed by atoms with Gasteiger partial charge in [0.1, 0.15) is 0 Å². The summed E-state index contributed by atoms with van der Waals surface area (Å²) in [5, 5.41) is 2.90. The second-order valence-corrected chi connectivity index (χ2v) is 8.49. The van der Waals surface area contributed by atoms with Crippen LogP contribution in [-0.2, 0) is 19.6 Å². The Morgan fingerprint density at radius 1 is 1.26 bits per heavy atom. The van der Waals surface area contributed by atoms with Crippen LogP contribution in [0.25, 0.3) is 6.08 Å². The topological polar surface area (TPSA) is 95.6 Å². The van der Waals surface area contributed by atoms with E-state index < -0.39 is 10.0 Å². The van der Waals surface area contributed by atoms with Crippen molar-refractivity contribution in [3.05, 3.63) is 35.9 Å². The maximum atomic E-state index is 12.4. The Labute approximate surface area is 160 Å². The predicted octanol–water partition coefficient (Wildman–Crippen LogP) is 1.84. The lowest BCUT2D eigenvalue weighted by atomic mass is 9.97. The molecule has 27 heavy (non-hydrogen) atoms. The SMILES string of the molecule is CCCNC(=O)C1CCCN(C(=O)/C=C/c2ccc(NS(C)(=O)=O)cc2)C1. The molecule has 0 spiro atoms. The van der Waals surface area contributed by atoms with Crippen molar-refractivity contribution in [1.29, 1.82) is 0 Å². The highest BCUT2D eigenvalue weighted by atomic mass is 32.2. The van der Waals surface area contributed by atoms with Crippen LogP contribution in [0.5, 0.6) is 0 Å². The molecule has 1 aromatic carbocycles. The standard InChI is InChI=1S/C19H27N3O4S/c1-3-12-20-19(24)16-5-4-13-22(14-16)18(23)11-8-15-6-9-17(10-7-15)21-27(2,25)26/h6-11,16,21H,3-5,12-14H2,1-2H3,(H,20,24)/b11-8+. The number of sulfonamides is 1. The molecule has 0 aliphatic carbocycles. The summed E-state index contributed by atoms with van der Waals surface area (Å²) in [7, 11) is -3.31. The van der Waals surface area contributed by atoms with Crippen LogP contribution >= 0.6 is 0 Å². The van der Waals surface area contributed by atoms with Crippen molar-refractivity contribution in [3.8, 4) is 0 Å². The van der Waals surface area contributed by atoms with Gasteiger partial charge in [0.25, 0.3) is 0 Å². The highest BCUT2D eigenvalue weighted by molar-refractivity contribution is 7.92. The van der Waals surface area contributed by atoms with E-state index in [9.17, 15) is 18.0 Å². The van der Waals surface area contributed by atoms with Gasteiger partial charge in [-0.15, -0.1) is 0 Å². The minimum atomic E-state index is -3.31. The lowest BCUT2D eigenvalue weighted by Gasteiger charge is -2.31. The van der Waals surface area contributed by atoms with Gasteiger partial charge in [0.15, 0.2) is 0 Å². The molecule has 1 heterocycles. The third-order valence-corrected chi connectivity index (χ3v) is 4.89. The van der Waals surface area contributed by atoms with Crippen molar-refractivity contribution >= 4 is 33.6 Å². The number of rotatable bonds is 7. The number of carbonyl (C=O) groups is 2. The number of amides is 2. The number of likely N-dealkylation sites (tertiary alicyclic amines) is 1. The number of piperidine rings is 1. The minimum Gasteiger partial charge on any atom is -0.356 e. The Morgan fingerprint density at radius 3 is 2.59 bits per heavy atom. The van der Waals surface area contributed by atoms with E-state index in [2.05, 4.69) is 10.0 Å². The number of nitrogens with zero attached hydrogens (tertiary/aromatic N) is 1. The first kappa shape index (κ1) is 21.0. The average molecular weight is 394 g/mol. The fraction of sp³-hybridized carbons (Fsp3) is 0.474. The first-order valence-electron chi connectivity index (χ1n) is 9.11. The van der Waals surface area contributed by atoms with Gasteiger partial charge in [-0.2, -0.15) is 0 Å². The normalized spacial score (nSPS) is 17.7. The van der Waals surface area contributed by atoms with Crippen LogP contribution in [0, 0.1) is 5.92 Å². The van der Waals surface area contributed by atoms with E-state index in [0.717, 1.165) is 31.1 Å². The summed E-state index contributed by atoms with van der Waals surface area (Å²) in [6, 6.07) is 6.74. The van der Waals surface area contributed by atoms with E-state index in [1.807, 2.05) is 6.92 Å². The van der Waals surface area contributed by atoms with Crippen LogP contribution in [0.15, 0.2) is 30.3 Å². The highest BCUT2D eigenvalue weighted by Crippen LogP contribution is 2.18. The van der Waals surface area contributed by atoms with Crippen LogP contribution in [0.4, 0.5) is 5.69 Å². The largest absolute Gasteiger partial charge is 0.356 e. The first-order valence-corrected chi connectivity index (χ1v) is 11.0. The van der Waals surface area contributed by atoms with E-state index in [4.69, 9.17) is 0 Å². The van der Waals surface area contributed by atoms with E-state index >= 15 is 0 Å². The number of nitrogens with one attached hydrogen (secondary N) is 2. The Morgan fingerprint density at radius 2 is 1.96 bits per heavy atom.